The Kier molecular flexibility index (Phi) is 8.20. The zero-order valence-corrected chi connectivity index (χ0v) is 23.2. The minimum absolute atomic E-state index is 0.0374. The summed E-state index contributed by atoms with van der Waals surface area (Å²) in [4.78, 5) is 32.1. The highest BCUT2D eigenvalue weighted by Crippen LogP contribution is 2.38. The monoisotopic (exact) mass is 582 g/mol. The number of hydrogen-bond donors (Lipinski definition) is 2. The summed E-state index contributed by atoms with van der Waals surface area (Å²) in [5.74, 6) is -2.53. The number of piperidine rings is 1. The summed E-state index contributed by atoms with van der Waals surface area (Å²) in [6.07, 6.45) is -2.93. The predicted octanol–water partition coefficient (Wildman–Crippen LogP) is 3.39. The fourth-order valence-corrected chi connectivity index (χ4v) is 5.59. The Morgan fingerprint density at radius 3 is 2.36 bits per heavy atom. The average Bonchev–Trinajstić information content (AvgIpc) is 3.30. The van der Waals surface area contributed by atoms with Crippen molar-refractivity contribution < 1.29 is 23.1 Å². The van der Waals surface area contributed by atoms with Crippen LogP contribution < -0.4 is 11.3 Å². The van der Waals surface area contributed by atoms with Crippen molar-refractivity contribution in [3.63, 3.8) is 0 Å². The van der Waals surface area contributed by atoms with Crippen LogP contribution in [0.4, 0.5) is 13.2 Å². The lowest BCUT2D eigenvalue weighted by molar-refractivity contribution is -0.162. The first kappa shape index (κ1) is 29.5. The van der Waals surface area contributed by atoms with Crippen LogP contribution in [0.2, 0.25) is 0 Å². The van der Waals surface area contributed by atoms with E-state index in [4.69, 9.17) is 5.73 Å². The molecule has 0 saturated carbocycles. The number of benzene rings is 2. The number of nitrogens with two attached hydrogens (primary N) is 1. The molecule has 1 unspecified atom stereocenters. The van der Waals surface area contributed by atoms with Gasteiger partial charge in [0, 0.05) is 32.1 Å². The summed E-state index contributed by atoms with van der Waals surface area (Å²) in [5, 5.41) is 15.7. The molecule has 5 rings (SSSR count). The molecule has 9 nitrogen and oxygen atoms in total. The number of fused-ring (bicyclic) bond motifs is 1. The van der Waals surface area contributed by atoms with Gasteiger partial charge in [0.15, 0.2) is 5.52 Å². The molecule has 0 spiro atoms. The molecule has 2 aromatic heterocycles. The summed E-state index contributed by atoms with van der Waals surface area (Å²) in [6.45, 7) is 0.619. The number of hydrogen-bond acceptors (Lipinski definition) is 6. The second-order valence-corrected chi connectivity index (χ2v) is 10.9. The summed E-state index contributed by atoms with van der Waals surface area (Å²) in [5.41, 5.74) is 7.16. The van der Waals surface area contributed by atoms with Gasteiger partial charge in [-0.3, -0.25) is 18.8 Å². The van der Waals surface area contributed by atoms with Gasteiger partial charge in [-0.05, 0) is 36.9 Å². The van der Waals surface area contributed by atoms with E-state index >= 15 is 0 Å². The third-order valence-corrected chi connectivity index (χ3v) is 7.96. The van der Waals surface area contributed by atoms with Crippen molar-refractivity contribution in [2.24, 2.45) is 12.8 Å². The lowest BCUT2D eigenvalue weighted by Gasteiger charge is -2.39. The summed E-state index contributed by atoms with van der Waals surface area (Å²) in [7, 11) is 1.73. The molecule has 0 bridgehead atoms. The van der Waals surface area contributed by atoms with Crippen molar-refractivity contribution in [1.82, 2.24) is 24.2 Å². The van der Waals surface area contributed by atoms with Gasteiger partial charge in [0.1, 0.15) is 5.52 Å². The SMILES string of the molecule is Cn1nc2c(=O)n(CC3(O)CCN(C(=O)CC(c4ccccc4)C(F)(F)F)CC3)cnc2c1-c1ccc(CCN)cc1. The lowest BCUT2D eigenvalue weighted by atomic mass is 9.90. The minimum Gasteiger partial charge on any atom is -0.388 e. The number of rotatable bonds is 8. The Labute approximate surface area is 240 Å². The molecule has 1 aliphatic rings. The van der Waals surface area contributed by atoms with Crippen LogP contribution in [-0.2, 0) is 24.8 Å². The summed E-state index contributed by atoms with van der Waals surface area (Å²) < 4.78 is 44.2. The largest absolute Gasteiger partial charge is 0.396 e. The number of nitrogens with zero attached hydrogens (tertiary/aromatic N) is 5. The number of aliphatic hydroxyl groups is 1. The predicted molar refractivity (Wildman–Crippen MR) is 152 cm³/mol. The molecule has 12 heteroatoms. The van der Waals surface area contributed by atoms with Crippen molar-refractivity contribution in [3.05, 3.63) is 82.4 Å². The molecule has 1 fully saturated rings. The molecular weight excluding hydrogens is 549 g/mol. The van der Waals surface area contributed by atoms with Crippen LogP contribution in [0.15, 0.2) is 65.7 Å². The standard InChI is InChI=1S/C30H33F3N6O3/c1-37-27(22-9-7-20(8-10-22)11-14-34)25-26(36-37)28(41)39(19-35-25)18-29(42)12-15-38(16-13-29)24(40)17-23(30(31,32)33)21-5-3-2-4-6-21/h2-10,19,23,42H,11-18,34H2,1H3. The van der Waals surface area contributed by atoms with E-state index < -0.39 is 35.6 Å². The summed E-state index contributed by atoms with van der Waals surface area (Å²) in [6, 6.07) is 15.2. The van der Waals surface area contributed by atoms with E-state index in [0.717, 1.165) is 17.5 Å². The Balaban J connectivity index is 1.28. The maximum atomic E-state index is 13.8. The molecule has 1 amide bonds. The highest BCUT2D eigenvalue weighted by Gasteiger charge is 2.43. The van der Waals surface area contributed by atoms with Crippen molar-refractivity contribution in [3.8, 4) is 11.3 Å². The number of likely N-dealkylation sites (tertiary alicyclic amines) is 1. The Bertz CT molecular complexity index is 1610. The van der Waals surface area contributed by atoms with Crippen LogP contribution in [0, 0.1) is 0 Å². The van der Waals surface area contributed by atoms with Crippen LogP contribution >= 0.6 is 0 Å². The first-order valence-electron chi connectivity index (χ1n) is 13.8. The van der Waals surface area contributed by atoms with Gasteiger partial charge in [-0.1, -0.05) is 54.6 Å². The highest BCUT2D eigenvalue weighted by molar-refractivity contribution is 5.89. The van der Waals surface area contributed by atoms with E-state index in [0.29, 0.717) is 17.8 Å². The molecule has 1 saturated heterocycles. The van der Waals surface area contributed by atoms with Gasteiger partial charge in [0.25, 0.3) is 5.56 Å². The molecule has 42 heavy (non-hydrogen) atoms. The fourth-order valence-electron chi connectivity index (χ4n) is 5.59. The first-order valence-corrected chi connectivity index (χ1v) is 13.8. The zero-order valence-electron chi connectivity index (χ0n) is 23.2. The number of alkyl halides is 3. The molecule has 4 aromatic rings. The number of halogens is 3. The normalized spacial score (nSPS) is 16.1. The smallest absolute Gasteiger partial charge is 0.388 e. The van der Waals surface area contributed by atoms with Gasteiger partial charge in [-0.25, -0.2) is 4.98 Å². The van der Waals surface area contributed by atoms with E-state index in [1.165, 1.54) is 40.1 Å². The van der Waals surface area contributed by atoms with Crippen LogP contribution in [0.1, 0.15) is 36.3 Å². The van der Waals surface area contributed by atoms with E-state index in [1.807, 2.05) is 24.3 Å². The van der Waals surface area contributed by atoms with Gasteiger partial charge >= 0.3 is 6.18 Å². The second kappa shape index (κ2) is 11.7. The van der Waals surface area contributed by atoms with Gasteiger partial charge in [-0.2, -0.15) is 18.3 Å². The Hall–Kier alpha value is -4.03. The molecule has 1 aliphatic heterocycles. The zero-order chi connectivity index (χ0) is 30.1. The molecule has 222 valence electrons. The van der Waals surface area contributed by atoms with E-state index in [2.05, 4.69) is 10.1 Å². The van der Waals surface area contributed by atoms with Crippen molar-refractivity contribution in [2.75, 3.05) is 19.6 Å². The average molecular weight is 583 g/mol. The first-order chi connectivity index (χ1) is 20.0. The van der Waals surface area contributed by atoms with E-state index in [1.54, 1.807) is 17.8 Å². The van der Waals surface area contributed by atoms with Crippen LogP contribution in [0.25, 0.3) is 22.3 Å². The molecule has 0 radical (unpaired) electrons. The third-order valence-electron chi connectivity index (χ3n) is 7.96. The molecule has 3 heterocycles. The number of aryl methyl sites for hydroxylation is 1. The maximum Gasteiger partial charge on any atom is 0.396 e. The molecule has 0 aliphatic carbocycles. The quantitative estimate of drug-likeness (QED) is 0.329. The number of amides is 1. The number of aromatic nitrogens is 4. The van der Waals surface area contributed by atoms with Crippen molar-refractivity contribution >= 4 is 16.9 Å². The van der Waals surface area contributed by atoms with Gasteiger partial charge in [0.2, 0.25) is 5.91 Å². The number of carbonyl (C=O) groups excluding carboxylic acids is 1. The topological polar surface area (TPSA) is 119 Å². The molecule has 3 N–H and O–H groups in total. The molecule has 1 atom stereocenters. The maximum absolute atomic E-state index is 13.8. The van der Waals surface area contributed by atoms with E-state index in [9.17, 15) is 27.9 Å². The van der Waals surface area contributed by atoms with Crippen molar-refractivity contribution in [2.45, 2.75) is 49.9 Å². The van der Waals surface area contributed by atoms with Crippen LogP contribution in [0.5, 0.6) is 0 Å². The Morgan fingerprint density at radius 1 is 1.07 bits per heavy atom. The van der Waals surface area contributed by atoms with Crippen LogP contribution in [-0.4, -0.2) is 66.7 Å². The van der Waals surface area contributed by atoms with Crippen LogP contribution in [0.3, 0.4) is 0 Å². The summed E-state index contributed by atoms with van der Waals surface area (Å²) >= 11 is 0. The van der Waals surface area contributed by atoms with Gasteiger partial charge in [-0.15, -0.1) is 0 Å². The third kappa shape index (κ3) is 6.09. The fraction of sp³-hybridized carbons (Fsp3) is 0.400. The number of carbonyl (C=O) groups is 1. The minimum atomic E-state index is -4.57. The van der Waals surface area contributed by atoms with E-state index in [-0.39, 0.29) is 43.6 Å². The van der Waals surface area contributed by atoms with Gasteiger partial charge < -0.3 is 15.7 Å². The molecular formula is C30H33F3N6O3. The lowest BCUT2D eigenvalue weighted by Crippen LogP contribution is -2.50. The second-order valence-electron chi connectivity index (χ2n) is 10.9. The molecule has 2 aromatic carbocycles. The van der Waals surface area contributed by atoms with Crippen molar-refractivity contribution in [1.29, 1.82) is 0 Å². The van der Waals surface area contributed by atoms with Gasteiger partial charge in [0.05, 0.1) is 30.1 Å². The Morgan fingerprint density at radius 2 is 1.74 bits per heavy atom. The highest BCUT2D eigenvalue weighted by atomic mass is 19.4.